The molecule has 15 nitrogen and oxygen atoms in total. The first kappa shape index (κ1) is 44.5. The van der Waals surface area contributed by atoms with Crippen molar-refractivity contribution in [2.45, 2.75) is 19.4 Å². The van der Waals surface area contributed by atoms with Crippen LogP contribution in [0.3, 0.4) is 0 Å². The third-order valence-corrected chi connectivity index (χ3v) is 15.5. The van der Waals surface area contributed by atoms with Gasteiger partial charge in [0.25, 0.3) is 5.91 Å². The number of nitrogens with one attached hydrogen (secondary N) is 5. The maximum atomic E-state index is 17.0. The lowest BCUT2D eigenvalue weighted by molar-refractivity contribution is -0.570. The van der Waals surface area contributed by atoms with E-state index in [-0.39, 0.29) is 16.7 Å². The predicted molar refractivity (Wildman–Crippen MR) is 287 cm³/mol. The van der Waals surface area contributed by atoms with Crippen molar-refractivity contribution in [2.24, 2.45) is 0 Å². The van der Waals surface area contributed by atoms with Crippen LogP contribution in [0, 0.1) is 10.3 Å². The van der Waals surface area contributed by atoms with Gasteiger partial charge in [-0.3, -0.25) is 24.8 Å². The first-order chi connectivity index (χ1) is 36.8. The lowest BCUT2D eigenvalue weighted by Crippen LogP contribution is -2.32. The first-order valence-corrected chi connectivity index (χ1v) is 25.8. The molecule has 19 heteroatoms. The number of hydrogen-bond acceptors (Lipinski definition) is 11. The van der Waals surface area contributed by atoms with Crippen molar-refractivity contribution in [2.75, 3.05) is 18.4 Å². The quantitative estimate of drug-likeness (QED) is 0.0785. The molecule has 10 aromatic heterocycles. The normalized spacial score (nSPS) is 13.0. The van der Waals surface area contributed by atoms with Crippen LogP contribution >= 0.6 is 22.7 Å². The maximum Gasteiger partial charge on any atom is 0.314 e. The molecular formula is C56H39F2N14OS2+. The standard InChI is InChI=1S/C56H38F2N14OS2/c57-46-15-14-44(74-46)37-10-6-12-41-47(37)65-54(64-41)50-40-21-35(33-19-36(27-60-25-33)62-56(73)31-8-2-1-3-9-31)29-72(55(40)70-68-50)43-22-45(75-51(43)58)38-11-7-13-42-48(38)66-53(63-42)49-39-20-34(26-61-52(39)69-67-49)32-18-30(23-59-24-32)28-71-16-4-5-17-71/h1-3,6-15,18-27,29H,4-5,16-17,28H2,(H4,61,62,63,64,65,66,67,68,69,73)/p+1. The zero-order chi connectivity index (χ0) is 50.1. The van der Waals surface area contributed by atoms with E-state index in [1.165, 1.54) is 18.9 Å². The van der Waals surface area contributed by atoms with Crippen molar-refractivity contribution >= 4 is 78.4 Å². The van der Waals surface area contributed by atoms with E-state index in [9.17, 15) is 9.18 Å². The minimum Gasteiger partial charge on any atom is -0.337 e. The molecule has 5 N–H and O–H groups in total. The Hall–Kier alpha value is -9.17. The molecule has 1 fully saturated rings. The smallest absolute Gasteiger partial charge is 0.314 e. The lowest BCUT2D eigenvalue weighted by atomic mass is 10.1. The zero-order valence-electron chi connectivity index (χ0n) is 39.4. The number of aromatic amines is 4. The molecule has 0 unspecified atom stereocenters. The molecule has 0 saturated carbocycles. The summed E-state index contributed by atoms with van der Waals surface area (Å²) in [6.07, 6.45) is 13.2. The molecule has 0 bridgehead atoms. The highest BCUT2D eigenvalue weighted by atomic mass is 32.1. The van der Waals surface area contributed by atoms with Crippen LogP contribution in [-0.4, -0.2) is 79.2 Å². The lowest BCUT2D eigenvalue weighted by Gasteiger charge is -2.14. The van der Waals surface area contributed by atoms with E-state index in [1.54, 1.807) is 53.4 Å². The maximum absolute atomic E-state index is 17.0. The second-order valence-corrected chi connectivity index (χ2v) is 20.5. The number of anilines is 1. The number of nitrogens with zero attached hydrogens (tertiary/aromatic N) is 9. The van der Waals surface area contributed by atoms with Gasteiger partial charge in [0.1, 0.15) is 17.3 Å². The van der Waals surface area contributed by atoms with Gasteiger partial charge in [-0.1, -0.05) is 47.6 Å². The Balaban J connectivity index is 0.855. The number of benzene rings is 3. The van der Waals surface area contributed by atoms with Crippen LogP contribution in [0.1, 0.15) is 28.8 Å². The van der Waals surface area contributed by atoms with E-state index >= 15 is 4.39 Å². The SMILES string of the molecule is O=C(Nc1cncc(-c2cc3c(-c4nc5c(-c6ccc(F)s6)cccc5[nH]4)n[nH]c3[n+](-c3cc(-c4cccc5[nH]c(-c6n[nH]c7ncc(-c8cncc(CN9CCCC9)c8)cc67)nc45)sc3F)c2)c1)c1ccccc1. The van der Waals surface area contributed by atoms with Crippen LogP contribution < -0.4 is 9.88 Å². The fourth-order valence-electron chi connectivity index (χ4n) is 10.0. The summed E-state index contributed by atoms with van der Waals surface area (Å²) in [5.41, 5.74) is 12.0. The molecule has 14 rings (SSSR count). The van der Waals surface area contributed by atoms with Crippen molar-refractivity contribution in [1.82, 2.24) is 60.2 Å². The van der Waals surface area contributed by atoms with Crippen LogP contribution in [-0.2, 0) is 6.54 Å². The molecule has 1 amide bonds. The number of imidazole rings is 2. The minimum atomic E-state index is -0.452. The Labute approximate surface area is 432 Å². The van der Waals surface area contributed by atoms with Crippen LogP contribution in [0.5, 0.6) is 0 Å². The molecule has 364 valence electrons. The Morgan fingerprint density at radius 1 is 0.667 bits per heavy atom. The number of pyridine rings is 4. The van der Waals surface area contributed by atoms with Crippen molar-refractivity contribution in [3.8, 4) is 71.9 Å². The largest absolute Gasteiger partial charge is 0.337 e. The molecule has 3 aromatic carbocycles. The third-order valence-electron chi connectivity index (χ3n) is 13.6. The summed E-state index contributed by atoms with van der Waals surface area (Å²) in [5, 5.41) is 19.4. The molecule has 1 aliphatic heterocycles. The van der Waals surface area contributed by atoms with Crippen molar-refractivity contribution in [3.63, 3.8) is 0 Å². The molecule has 11 heterocycles. The summed E-state index contributed by atoms with van der Waals surface area (Å²) in [6, 6.07) is 33.4. The summed E-state index contributed by atoms with van der Waals surface area (Å²) >= 11 is 2.05. The van der Waals surface area contributed by atoms with Crippen molar-refractivity contribution in [1.29, 1.82) is 0 Å². The Morgan fingerprint density at radius 2 is 1.36 bits per heavy atom. The van der Waals surface area contributed by atoms with E-state index in [0.29, 0.717) is 78.0 Å². The number of fused-ring (bicyclic) bond motifs is 4. The van der Waals surface area contributed by atoms with Crippen molar-refractivity contribution < 1.29 is 18.1 Å². The van der Waals surface area contributed by atoms with Gasteiger partial charge in [-0.05, 0) is 92.2 Å². The first-order valence-electron chi connectivity index (χ1n) is 24.1. The van der Waals surface area contributed by atoms with Crippen LogP contribution in [0.25, 0.3) is 116 Å². The Morgan fingerprint density at radius 3 is 2.12 bits per heavy atom. The second-order valence-electron chi connectivity index (χ2n) is 18.4. The Bertz CT molecular complexity index is 4360. The van der Waals surface area contributed by atoms with Crippen molar-refractivity contribution in [3.05, 3.63) is 168 Å². The fraction of sp³-hybridized carbons (Fsp3) is 0.0893. The monoisotopic (exact) mass is 1030 g/mol. The van der Waals surface area contributed by atoms with Crippen LogP contribution in [0.2, 0.25) is 0 Å². The summed E-state index contributed by atoms with van der Waals surface area (Å²) in [6.45, 7) is 3.06. The highest BCUT2D eigenvalue weighted by Crippen LogP contribution is 2.39. The van der Waals surface area contributed by atoms with E-state index in [0.717, 1.165) is 91.4 Å². The van der Waals surface area contributed by atoms with Gasteiger partial charge in [0, 0.05) is 86.1 Å². The highest BCUT2D eigenvalue weighted by Gasteiger charge is 2.28. The number of carbonyl (C=O) groups excluding carboxylic acids is 1. The molecule has 0 atom stereocenters. The number of aromatic nitrogens is 12. The van der Waals surface area contributed by atoms with Gasteiger partial charge < -0.3 is 15.3 Å². The summed E-state index contributed by atoms with van der Waals surface area (Å²) in [7, 11) is 0. The summed E-state index contributed by atoms with van der Waals surface area (Å²) in [5.74, 6) is 0.699. The number of halogens is 2. The van der Waals surface area contributed by atoms with Gasteiger partial charge in [-0.15, -0.1) is 27.8 Å². The highest BCUT2D eigenvalue weighted by molar-refractivity contribution is 7.14. The fourth-order valence-corrected chi connectivity index (χ4v) is 11.7. The van der Waals surface area contributed by atoms with E-state index < -0.39 is 5.13 Å². The Kier molecular flexibility index (Phi) is 10.7. The zero-order valence-corrected chi connectivity index (χ0v) is 41.0. The number of carbonyl (C=O) groups is 1. The van der Waals surface area contributed by atoms with Gasteiger partial charge in [-0.2, -0.15) is 18.4 Å². The number of para-hydroxylation sites is 2. The molecule has 1 aliphatic rings. The topological polar surface area (TPSA) is 190 Å². The van der Waals surface area contributed by atoms with Crippen LogP contribution in [0.4, 0.5) is 14.5 Å². The molecule has 1 saturated heterocycles. The molecule has 0 aliphatic carbocycles. The van der Waals surface area contributed by atoms with Crippen LogP contribution in [0.15, 0.2) is 146 Å². The number of rotatable bonds is 11. The van der Waals surface area contributed by atoms with Gasteiger partial charge in [0.2, 0.25) is 5.13 Å². The van der Waals surface area contributed by atoms with E-state index in [1.807, 2.05) is 79.4 Å². The number of thiophene rings is 2. The number of hydrogen-bond donors (Lipinski definition) is 5. The van der Waals surface area contributed by atoms with Gasteiger partial charge in [0.15, 0.2) is 33.8 Å². The second kappa shape index (κ2) is 18.1. The average Bonchev–Trinajstić information content (AvgIpc) is 4.33. The predicted octanol–water partition coefficient (Wildman–Crippen LogP) is 11.9. The van der Waals surface area contributed by atoms with E-state index in [4.69, 9.17) is 20.1 Å². The van der Waals surface area contributed by atoms with Gasteiger partial charge in [-0.25, -0.2) is 15.0 Å². The number of amides is 1. The summed E-state index contributed by atoms with van der Waals surface area (Å²) in [4.78, 5) is 47.9. The molecule has 75 heavy (non-hydrogen) atoms. The average molecular weight is 1030 g/mol. The molecule has 13 aromatic rings. The molecule has 0 radical (unpaired) electrons. The molecular weight excluding hydrogens is 987 g/mol. The third kappa shape index (κ3) is 8.09. The van der Waals surface area contributed by atoms with Gasteiger partial charge in [0.05, 0.1) is 39.3 Å². The summed E-state index contributed by atoms with van der Waals surface area (Å²) < 4.78 is 33.0. The number of likely N-dealkylation sites (tertiary alicyclic amines) is 1. The van der Waals surface area contributed by atoms with Gasteiger partial charge >= 0.3 is 5.65 Å². The number of H-pyrrole nitrogens is 4. The van der Waals surface area contributed by atoms with E-state index in [2.05, 4.69) is 57.6 Å². The minimum absolute atomic E-state index is 0.258. The molecule has 0 spiro atoms.